The first-order valence-corrected chi connectivity index (χ1v) is 11.9. The van der Waals surface area contributed by atoms with E-state index in [0.29, 0.717) is 0 Å². The molecule has 5 atom stereocenters. The fraction of sp³-hybridized carbons (Fsp3) is 0.476. The predicted molar refractivity (Wildman–Crippen MR) is 119 cm³/mol. The molecule has 1 saturated carbocycles. The van der Waals surface area contributed by atoms with Crippen molar-refractivity contribution >= 4 is 14.1 Å². The molecule has 0 amide bonds. The highest BCUT2D eigenvalue weighted by Gasteiger charge is 2.63. The number of aliphatic carboxylic acids is 1. The Balaban J connectivity index is 1.49. The van der Waals surface area contributed by atoms with Gasteiger partial charge in [0.2, 0.25) is 5.75 Å². The molecular formula is C21H25N3O10P+. The molecule has 1 aromatic carbocycles. The Kier molecular flexibility index (Phi) is 6.80. The number of nitrogens with one attached hydrogen (secondary N) is 2. The van der Waals surface area contributed by atoms with Crippen molar-refractivity contribution in [3.63, 3.8) is 0 Å². The molecule has 2 aliphatic rings. The van der Waals surface area contributed by atoms with Crippen LogP contribution in [0.2, 0.25) is 0 Å². The molecule has 2 aromatic rings. The average molecular weight is 510 g/mol. The molecule has 4 rings (SSSR count). The third kappa shape index (κ3) is 4.73. The van der Waals surface area contributed by atoms with Crippen LogP contribution in [0.5, 0.6) is 11.5 Å². The summed E-state index contributed by atoms with van der Waals surface area (Å²) in [5, 5.41) is 22.6. The summed E-state index contributed by atoms with van der Waals surface area (Å²) in [6.45, 7) is 2.63. The molecule has 1 aromatic heterocycles. The van der Waals surface area contributed by atoms with Crippen LogP contribution in [-0.2, 0) is 19.1 Å². The SMILES string of the molecule is CC(C)(N[P+](=O)Oc1ccccc1OC[C@H]1C[C@@H](n2c(=O)cc[nH]c2=O)[C@@]2(COO2)[C@@H]1O)C(=O)O. The van der Waals surface area contributed by atoms with Crippen molar-refractivity contribution in [3.05, 3.63) is 57.4 Å². The second kappa shape index (κ2) is 9.51. The number of carboxylic acids is 1. The number of H-pyrrole nitrogens is 1. The van der Waals surface area contributed by atoms with Crippen molar-refractivity contribution in [2.24, 2.45) is 5.92 Å². The number of aromatic amines is 1. The van der Waals surface area contributed by atoms with Gasteiger partial charge in [0.05, 0.1) is 18.8 Å². The largest absolute Gasteiger partial charge is 0.664 e. The minimum Gasteiger partial charge on any atom is -0.489 e. The molecule has 4 N–H and O–H groups in total. The van der Waals surface area contributed by atoms with Crippen LogP contribution in [0.4, 0.5) is 0 Å². The first-order valence-electron chi connectivity index (χ1n) is 10.7. The monoisotopic (exact) mass is 510 g/mol. The fourth-order valence-electron chi connectivity index (χ4n) is 4.13. The van der Waals surface area contributed by atoms with E-state index in [0.717, 1.165) is 4.57 Å². The molecule has 1 unspecified atom stereocenters. The van der Waals surface area contributed by atoms with Crippen molar-refractivity contribution in [2.75, 3.05) is 13.2 Å². The maximum absolute atomic E-state index is 12.4. The van der Waals surface area contributed by atoms with Crippen molar-refractivity contribution in [1.82, 2.24) is 14.6 Å². The van der Waals surface area contributed by atoms with E-state index in [1.54, 1.807) is 18.2 Å². The molecule has 1 saturated heterocycles. The first-order chi connectivity index (χ1) is 16.5. The van der Waals surface area contributed by atoms with Crippen LogP contribution >= 0.6 is 8.18 Å². The Bertz CT molecular complexity index is 1210. The molecule has 2 heterocycles. The number of aliphatic hydroxyl groups excluding tert-OH is 1. The number of aliphatic hydroxyl groups is 1. The highest BCUT2D eigenvalue weighted by molar-refractivity contribution is 7.37. The second-order valence-corrected chi connectivity index (χ2v) is 9.82. The fourth-order valence-corrected chi connectivity index (χ4v) is 5.06. The smallest absolute Gasteiger partial charge is 0.489 e. The van der Waals surface area contributed by atoms with Gasteiger partial charge in [-0.05, 0) is 32.4 Å². The van der Waals surface area contributed by atoms with Gasteiger partial charge >= 0.3 is 19.8 Å². The van der Waals surface area contributed by atoms with Gasteiger partial charge in [-0.3, -0.25) is 14.2 Å². The molecule has 1 spiro atoms. The number of carboxylic acid groups (broad SMARTS) is 1. The normalized spacial score (nSPS) is 26.3. The third-order valence-corrected chi connectivity index (χ3v) is 7.23. The van der Waals surface area contributed by atoms with Gasteiger partial charge in [0, 0.05) is 22.7 Å². The van der Waals surface area contributed by atoms with E-state index >= 15 is 0 Å². The Morgan fingerprint density at radius 3 is 2.60 bits per heavy atom. The number of hydrogen-bond acceptors (Lipinski definition) is 9. The summed E-state index contributed by atoms with van der Waals surface area (Å²) >= 11 is 0. The zero-order chi connectivity index (χ0) is 25.4. The standard InChI is InChI=1S/C21H24N3O10P/c1-20(2,18(27)28)23-35(30)33-14-6-4-3-5-13(14)31-10-12-9-15(21(17(12)26)11-32-34-21)24-16(25)7-8-22-19(24)29/h3-8,12,15,17,26H,9-11H2,1-2H3,(H2-,22,23,25,27,28,29,30)/p+1/t12-,15-,17-,21+/m1/s1. The number of benzene rings is 1. The summed E-state index contributed by atoms with van der Waals surface area (Å²) in [6.07, 6.45) is 0.311. The van der Waals surface area contributed by atoms with Gasteiger partial charge < -0.3 is 19.9 Å². The Morgan fingerprint density at radius 1 is 1.31 bits per heavy atom. The maximum atomic E-state index is 12.4. The quantitative estimate of drug-likeness (QED) is 0.276. The first kappa shape index (κ1) is 25.0. The summed E-state index contributed by atoms with van der Waals surface area (Å²) in [4.78, 5) is 48.6. The Hall–Kier alpha value is -3.09. The number of aromatic nitrogens is 2. The average Bonchev–Trinajstić information content (AvgIpc) is 3.04. The van der Waals surface area contributed by atoms with Crippen molar-refractivity contribution < 1.29 is 38.6 Å². The van der Waals surface area contributed by atoms with Gasteiger partial charge in [-0.25, -0.2) is 19.1 Å². The van der Waals surface area contributed by atoms with E-state index in [1.165, 1.54) is 32.2 Å². The molecule has 0 bridgehead atoms. The predicted octanol–water partition coefficient (Wildman–Crippen LogP) is 0.727. The maximum Gasteiger partial charge on any atom is 0.664 e. The third-order valence-electron chi connectivity index (χ3n) is 6.13. The van der Waals surface area contributed by atoms with E-state index in [9.17, 15) is 29.2 Å². The molecule has 1 aliphatic carbocycles. The highest BCUT2D eigenvalue weighted by atomic mass is 31.1. The number of hydrogen-bond donors (Lipinski definition) is 4. The lowest BCUT2D eigenvalue weighted by molar-refractivity contribution is -0.491. The Morgan fingerprint density at radius 2 is 2.00 bits per heavy atom. The van der Waals surface area contributed by atoms with Crippen molar-refractivity contribution in [2.45, 2.75) is 43.6 Å². The summed E-state index contributed by atoms with van der Waals surface area (Å²) in [7, 11) is -2.60. The van der Waals surface area contributed by atoms with E-state index < -0.39 is 54.6 Å². The second-order valence-electron chi connectivity index (χ2n) is 8.90. The number of ether oxygens (including phenoxy) is 1. The minimum absolute atomic E-state index is 0.0126. The molecular weight excluding hydrogens is 485 g/mol. The van der Waals surface area contributed by atoms with E-state index in [4.69, 9.17) is 19.0 Å². The minimum atomic E-state index is -2.60. The summed E-state index contributed by atoms with van der Waals surface area (Å²) < 4.78 is 24.6. The van der Waals surface area contributed by atoms with Gasteiger partial charge in [0.1, 0.15) is 6.61 Å². The van der Waals surface area contributed by atoms with Crippen LogP contribution in [0, 0.1) is 5.92 Å². The highest BCUT2D eigenvalue weighted by Crippen LogP contribution is 2.49. The van der Waals surface area contributed by atoms with E-state index in [-0.39, 0.29) is 31.1 Å². The summed E-state index contributed by atoms with van der Waals surface area (Å²) in [5.41, 5.74) is -3.94. The van der Waals surface area contributed by atoms with E-state index in [2.05, 4.69) is 10.1 Å². The summed E-state index contributed by atoms with van der Waals surface area (Å²) in [6, 6.07) is 6.76. The molecule has 188 valence electrons. The zero-order valence-electron chi connectivity index (χ0n) is 18.9. The van der Waals surface area contributed by atoms with Crippen LogP contribution in [0.15, 0.2) is 46.1 Å². The van der Waals surface area contributed by atoms with Crippen LogP contribution in [0.1, 0.15) is 26.3 Å². The number of rotatable bonds is 9. The molecule has 13 nitrogen and oxygen atoms in total. The number of para-hydroxylation sites is 2. The van der Waals surface area contributed by atoms with Gasteiger partial charge in [-0.2, -0.15) is 0 Å². The molecule has 1 aliphatic heterocycles. The molecule has 35 heavy (non-hydrogen) atoms. The van der Waals surface area contributed by atoms with E-state index in [1.807, 2.05) is 0 Å². The van der Waals surface area contributed by atoms with Gasteiger partial charge in [0.15, 0.2) is 16.9 Å². The van der Waals surface area contributed by atoms with Gasteiger partial charge in [-0.1, -0.05) is 17.2 Å². The zero-order valence-corrected chi connectivity index (χ0v) is 19.8. The van der Waals surface area contributed by atoms with Crippen molar-refractivity contribution in [1.29, 1.82) is 0 Å². The van der Waals surface area contributed by atoms with Crippen LogP contribution in [-0.4, -0.2) is 56.2 Å². The van der Waals surface area contributed by atoms with Gasteiger partial charge in [0.25, 0.3) is 5.56 Å². The van der Waals surface area contributed by atoms with Crippen LogP contribution in [0.25, 0.3) is 0 Å². The Labute approximate surface area is 199 Å². The molecule has 0 radical (unpaired) electrons. The number of carbonyl (C=O) groups is 1. The lowest BCUT2D eigenvalue weighted by Crippen LogP contribution is -2.61. The van der Waals surface area contributed by atoms with Crippen LogP contribution < -0.4 is 25.6 Å². The van der Waals surface area contributed by atoms with Crippen molar-refractivity contribution in [3.8, 4) is 11.5 Å². The molecule has 2 fully saturated rings. The lowest BCUT2D eigenvalue weighted by Gasteiger charge is -2.43. The topological polar surface area (TPSA) is 178 Å². The lowest BCUT2D eigenvalue weighted by atomic mass is 9.93. The number of nitrogens with zero attached hydrogens (tertiary/aromatic N) is 1. The van der Waals surface area contributed by atoms with Gasteiger partial charge in [-0.15, -0.1) is 0 Å². The summed E-state index contributed by atoms with van der Waals surface area (Å²) in [5.74, 6) is -1.46. The molecule has 14 heteroatoms. The van der Waals surface area contributed by atoms with Crippen LogP contribution in [0.3, 0.4) is 0 Å².